The summed E-state index contributed by atoms with van der Waals surface area (Å²) in [7, 11) is 0. The maximum absolute atomic E-state index is 12.5. The molecule has 1 aromatic carbocycles. The predicted octanol–water partition coefficient (Wildman–Crippen LogP) is 2.66. The van der Waals surface area contributed by atoms with E-state index in [0.717, 1.165) is 12.0 Å². The molecule has 6 heteroatoms. The van der Waals surface area contributed by atoms with Crippen molar-refractivity contribution in [1.82, 2.24) is 15.2 Å². The molecule has 0 radical (unpaired) electrons. The third-order valence-corrected chi connectivity index (χ3v) is 4.33. The quantitative estimate of drug-likeness (QED) is 0.928. The highest BCUT2D eigenvalue weighted by Gasteiger charge is 2.34. The van der Waals surface area contributed by atoms with Crippen molar-refractivity contribution in [3.05, 3.63) is 64.9 Å². The Morgan fingerprint density at radius 3 is 2.71 bits per heavy atom. The standard InChI is InChI=1S/C18H18ClN3O2/c19-14-8-6-13(7-9-14)12-21-17(23)16-5-3-11-22(16)18(24)15-4-1-2-10-20-15/h1-2,4,6-10,16H,3,5,11-12H2,(H,21,23)/t16-/m0/s1. The maximum Gasteiger partial charge on any atom is 0.273 e. The third kappa shape index (κ3) is 3.74. The van der Waals surface area contributed by atoms with E-state index in [2.05, 4.69) is 10.3 Å². The number of aromatic nitrogens is 1. The molecular formula is C18H18ClN3O2. The zero-order valence-corrected chi connectivity index (χ0v) is 13.9. The van der Waals surface area contributed by atoms with E-state index in [9.17, 15) is 9.59 Å². The normalized spacial score (nSPS) is 16.9. The lowest BCUT2D eigenvalue weighted by Crippen LogP contribution is -2.45. The minimum atomic E-state index is -0.438. The summed E-state index contributed by atoms with van der Waals surface area (Å²) in [6.45, 7) is 0.993. The largest absolute Gasteiger partial charge is 0.350 e. The van der Waals surface area contributed by atoms with Crippen LogP contribution in [0, 0.1) is 0 Å². The monoisotopic (exact) mass is 343 g/mol. The van der Waals surface area contributed by atoms with Gasteiger partial charge in [-0.15, -0.1) is 0 Å². The maximum atomic E-state index is 12.5. The fourth-order valence-electron chi connectivity index (χ4n) is 2.83. The molecule has 1 fully saturated rings. The van der Waals surface area contributed by atoms with Crippen LogP contribution in [0.2, 0.25) is 5.02 Å². The Labute approximate surface area is 145 Å². The average molecular weight is 344 g/mol. The van der Waals surface area contributed by atoms with Gasteiger partial charge < -0.3 is 10.2 Å². The second-order valence-corrected chi connectivity index (χ2v) is 6.15. The van der Waals surface area contributed by atoms with Gasteiger partial charge in [0.2, 0.25) is 5.91 Å². The van der Waals surface area contributed by atoms with Gasteiger partial charge in [0, 0.05) is 24.3 Å². The van der Waals surface area contributed by atoms with Crippen molar-refractivity contribution in [2.24, 2.45) is 0 Å². The Bertz CT molecular complexity index is 719. The highest BCUT2D eigenvalue weighted by atomic mass is 35.5. The molecule has 2 heterocycles. The molecular weight excluding hydrogens is 326 g/mol. The number of carbonyl (C=O) groups is 2. The van der Waals surface area contributed by atoms with E-state index in [1.807, 2.05) is 12.1 Å². The molecule has 1 N–H and O–H groups in total. The number of likely N-dealkylation sites (tertiary alicyclic amines) is 1. The first kappa shape index (κ1) is 16.5. The first-order chi connectivity index (χ1) is 11.6. The third-order valence-electron chi connectivity index (χ3n) is 4.08. The summed E-state index contributed by atoms with van der Waals surface area (Å²) in [5.74, 6) is -0.327. The number of benzene rings is 1. The molecule has 24 heavy (non-hydrogen) atoms. The fraction of sp³-hybridized carbons (Fsp3) is 0.278. The molecule has 0 spiro atoms. The van der Waals surface area contributed by atoms with Crippen molar-refractivity contribution in [2.75, 3.05) is 6.54 Å². The molecule has 5 nitrogen and oxygen atoms in total. The summed E-state index contributed by atoms with van der Waals surface area (Å²) in [4.78, 5) is 30.7. The molecule has 1 atom stereocenters. The smallest absolute Gasteiger partial charge is 0.273 e. The van der Waals surface area contributed by atoms with Crippen LogP contribution >= 0.6 is 11.6 Å². The molecule has 0 bridgehead atoms. The van der Waals surface area contributed by atoms with Gasteiger partial charge in [-0.2, -0.15) is 0 Å². The Hall–Kier alpha value is -2.40. The molecule has 0 saturated carbocycles. The zero-order valence-electron chi connectivity index (χ0n) is 13.1. The lowest BCUT2D eigenvalue weighted by Gasteiger charge is -2.23. The second kappa shape index (κ2) is 7.45. The lowest BCUT2D eigenvalue weighted by molar-refractivity contribution is -0.125. The zero-order chi connectivity index (χ0) is 16.9. The van der Waals surface area contributed by atoms with Crippen LogP contribution in [-0.4, -0.2) is 34.3 Å². The van der Waals surface area contributed by atoms with Gasteiger partial charge in [-0.05, 0) is 42.7 Å². The number of halogens is 1. The van der Waals surface area contributed by atoms with Crippen LogP contribution in [0.25, 0.3) is 0 Å². The first-order valence-corrected chi connectivity index (χ1v) is 8.27. The molecule has 1 aliphatic heterocycles. The van der Waals surface area contributed by atoms with Gasteiger partial charge in [-0.25, -0.2) is 0 Å². The molecule has 1 aliphatic rings. The van der Waals surface area contributed by atoms with Crippen molar-refractivity contribution < 1.29 is 9.59 Å². The molecule has 1 aromatic heterocycles. The van der Waals surface area contributed by atoms with Crippen LogP contribution in [0.5, 0.6) is 0 Å². The number of carbonyl (C=O) groups excluding carboxylic acids is 2. The summed E-state index contributed by atoms with van der Waals surface area (Å²) in [6.07, 6.45) is 3.07. The predicted molar refractivity (Wildman–Crippen MR) is 91.6 cm³/mol. The number of amides is 2. The number of nitrogens with one attached hydrogen (secondary N) is 1. The minimum Gasteiger partial charge on any atom is -0.350 e. The number of hydrogen-bond acceptors (Lipinski definition) is 3. The fourth-order valence-corrected chi connectivity index (χ4v) is 2.95. The van der Waals surface area contributed by atoms with Gasteiger partial charge in [0.1, 0.15) is 11.7 Å². The van der Waals surface area contributed by atoms with Crippen molar-refractivity contribution in [2.45, 2.75) is 25.4 Å². The minimum absolute atomic E-state index is 0.133. The van der Waals surface area contributed by atoms with Gasteiger partial charge in [-0.3, -0.25) is 14.6 Å². The van der Waals surface area contributed by atoms with Crippen LogP contribution in [-0.2, 0) is 11.3 Å². The topological polar surface area (TPSA) is 62.3 Å². The van der Waals surface area contributed by atoms with E-state index in [4.69, 9.17) is 11.6 Å². The molecule has 2 aromatic rings. The summed E-state index contributed by atoms with van der Waals surface area (Å²) >= 11 is 5.85. The highest BCUT2D eigenvalue weighted by molar-refractivity contribution is 6.30. The summed E-state index contributed by atoms with van der Waals surface area (Å²) < 4.78 is 0. The SMILES string of the molecule is O=C(NCc1ccc(Cl)cc1)[C@@H]1CCCN1C(=O)c1ccccn1. The Kier molecular flexibility index (Phi) is 5.11. The van der Waals surface area contributed by atoms with Gasteiger partial charge in [-0.1, -0.05) is 29.8 Å². The summed E-state index contributed by atoms with van der Waals surface area (Å²) in [5.41, 5.74) is 1.34. The molecule has 1 saturated heterocycles. The Balaban J connectivity index is 1.63. The van der Waals surface area contributed by atoms with Crippen molar-refractivity contribution in [3.63, 3.8) is 0 Å². The van der Waals surface area contributed by atoms with Gasteiger partial charge in [0.25, 0.3) is 5.91 Å². The van der Waals surface area contributed by atoms with Crippen molar-refractivity contribution in [3.8, 4) is 0 Å². The van der Waals surface area contributed by atoms with Crippen LogP contribution in [0.3, 0.4) is 0 Å². The van der Waals surface area contributed by atoms with E-state index < -0.39 is 6.04 Å². The summed E-state index contributed by atoms with van der Waals surface area (Å²) in [5, 5.41) is 3.56. The van der Waals surface area contributed by atoms with E-state index in [1.165, 1.54) is 0 Å². The van der Waals surface area contributed by atoms with Gasteiger partial charge in [0.05, 0.1) is 0 Å². The molecule has 3 rings (SSSR count). The number of hydrogen-bond donors (Lipinski definition) is 1. The van der Waals surface area contributed by atoms with E-state index in [0.29, 0.717) is 30.2 Å². The van der Waals surface area contributed by atoms with Crippen LogP contribution in [0.1, 0.15) is 28.9 Å². The van der Waals surface area contributed by atoms with Crippen LogP contribution in [0.15, 0.2) is 48.7 Å². The van der Waals surface area contributed by atoms with Crippen molar-refractivity contribution >= 4 is 23.4 Å². The average Bonchev–Trinajstić information content (AvgIpc) is 3.11. The molecule has 124 valence electrons. The Morgan fingerprint density at radius 2 is 2.00 bits per heavy atom. The second-order valence-electron chi connectivity index (χ2n) is 5.72. The first-order valence-electron chi connectivity index (χ1n) is 7.89. The molecule has 2 amide bonds. The van der Waals surface area contributed by atoms with Gasteiger partial charge in [0.15, 0.2) is 0 Å². The van der Waals surface area contributed by atoms with Crippen LogP contribution in [0.4, 0.5) is 0 Å². The van der Waals surface area contributed by atoms with E-state index in [1.54, 1.807) is 41.4 Å². The van der Waals surface area contributed by atoms with Crippen molar-refractivity contribution in [1.29, 1.82) is 0 Å². The Morgan fingerprint density at radius 1 is 1.21 bits per heavy atom. The highest BCUT2D eigenvalue weighted by Crippen LogP contribution is 2.20. The number of nitrogens with zero attached hydrogens (tertiary/aromatic N) is 2. The number of pyridine rings is 1. The van der Waals surface area contributed by atoms with Gasteiger partial charge >= 0.3 is 0 Å². The van der Waals surface area contributed by atoms with E-state index in [-0.39, 0.29) is 11.8 Å². The molecule has 0 unspecified atom stereocenters. The van der Waals surface area contributed by atoms with Crippen LogP contribution < -0.4 is 5.32 Å². The summed E-state index contributed by atoms with van der Waals surface area (Å²) in [6, 6.07) is 12.1. The molecule has 0 aliphatic carbocycles. The number of rotatable bonds is 4. The van der Waals surface area contributed by atoms with E-state index >= 15 is 0 Å². The lowest BCUT2D eigenvalue weighted by atomic mass is 10.1.